The molecule has 0 saturated carbocycles. The Bertz CT molecular complexity index is 581. The standard InChI is InChI=1S/C15H22N6O/c1-2-22-10-4-6-18-15(16)19-12-13-5-8-17-14(11-13)21-9-3-7-20-21/h3,5,7-9,11H,2,4,6,10,12H2,1H3,(H3,16,18,19). The molecule has 7 heteroatoms. The molecule has 0 aromatic carbocycles. The largest absolute Gasteiger partial charge is 0.382 e. The molecule has 2 rings (SSSR count). The second kappa shape index (κ2) is 8.78. The Morgan fingerprint density at radius 1 is 1.45 bits per heavy atom. The highest BCUT2D eigenvalue weighted by Gasteiger charge is 2.00. The normalized spacial score (nSPS) is 11.6. The average Bonchev–Trinajstić information content (AvgIpc) is 3.07. The van der Waals surface area contributed by atoms with E-state index in [0.717, 1.165) is 37.6 Å². The monoisotopic (exact) mass is 302 g/mol. The van der Waals surface area contributed by atoms with Gasteiger partial charge < -0.3 is 15.8 Å². The predicted octanol–water partition coefficient (Wildman–Crippen LogP) is 1.10. The van der Waals surface area contributed by atoms with E-state index < -0.39 is 0 Å². The van der Waals surface area contributed by atoms with Gasteiger partial charge in [0, 0.05) is 38.3 Å². The molecule has 0 aliphatic rings. The van der Waals surface area contributed by atoms with Crippen molar-refractivity contribution in [3.8, 4) is 5.82 Å². The second-order valence-electron chi connectivity index (χ2n) is 4.65. The highest BCUT2D eigenvalue weighted by atomic mass is 16.5. The van der Waals surface area contributed by atoms with Crippen molar-refractivity contribution in [1.29, 1.82) is 0 Å². The van der Waals surface area contributed by atoms with E-state index in [2.05, 4.69) is 20.4 Å². The van der Waals surface area contributed by atoms with Gasteiger partial charge in [0.05, 0.1) is 6.54 Å². The third-order valence-corrected chi connectivity index (χ3v) is 2.96. The fourth-order valence-corrected chi connectivity index (χ4v) is 1.86. The topological polar surface area (TPSA) is 90.4 Å². The lowest BCUT2D eigenvalue weighted by Crippen LogP contribution is -2.32. The number of ether oxygens (including phenoxy) is 1. The number of hydrogen-bond acceptors (Lipinski definition) is 4. The lowest BCUT2D eigenvalue weighted by atomic mass is 10.2. The number of rotatable bonds is 8. The molecule has 0 spiro atoms. The summed E-state index contributed by atoms with van der Waals surface area (Å²) in [6.07, 6.45) is 6.22. The van der Waals surface area contributed by atoms with Crippen molar-refractivity contribution in [2.24, 2.45) is 10.7 Å². The molecule has 0 aliphatic heterocycles. The van der Waals surface area contributed by atoms with E-state index in [9.17, 15) is 0 Å². The van der Waals surface area contributed by atoms with Crippen LogP contribution in [0, 0.1) is 0 Å². The minimum Gasteiger partial charge on any atom is -0.382 e. The average molecular weight is 302 g/mol. The zero-order valence-electron chi connectivity index (χ0n) is 12.8. The molecule has 0 aliphatic carbocycles. The summed E-state index contributed by atoms with van der Waals surface area (Å²) in [5, 5.41) is 7.23. The third kappa shape index (κ3) is 5.17. The lowest BCUT2D eigenvalue weighted by molar-refractivity contribution is 0.145. The number of hydrogen-bond donors (Lipinski definition) is 2. The maximum absolute atomic E-state index is 5.83. The summed E-state index contributed by atoms with van der Waals surface area (Å²) in [5.74, 6) is 1.20. The molecule has 0 fully saturated rings. The van der Waals surface area contributed by atoms with E-state index in [1.807, 2.05) is 31.3 Å². The summed E-state index contributed by atoms with van der Waals surface area (Å²) in [7, 11) is 0. The van der Waals surface area contributed by atoms with Crippen LogP contribution >= 0.6 is 0 Å². The van der Waals surface area contributed by atoms with Crippen molar-refractivity contribution in [3.05, 3.63) is 42.4 Å². The Morgan fingerprint density at radius 2 is 2.36 bits per heavy atom. The van der Waals surface area contributed by atoms with Gasteiger partial charge in [-0.2, -0.15) is 5.10 Å². The summed E-state index contributed by atoms with van der Waals surface area (Å²) in [6.45, 7) is 4.71. The number of pyridine rings is 1. The van der Waals surface area contributed by atoms with Crippen LogP contribution in [0.5, 0.6) is 0 Å². The number of aliphatic imine (C=N–C) groups is 1. The summed E-state index contributed by atoms with van der Waals surface area (Å²) in [4.78, 5) is 8.60. The molecular weight excluding hydrogens is 280 g/mol. The first kappa shape index (κ1) is 16.0. The molecule has 22 heavy (non-hydrogen) atoms. The van der Waals surface area contributed by atoms with Crippen LogP contribution in [0.4, 0.5) is 0 Å². The Kier molecular flexibility index (Phi) is 6.38. The first-order valence-electron chi connectivity index (χ1n) is 7.36. The molecule has 0 bridgehead atoms. The number of nitrogens with two attached hydrogens (primary N) is 1. The van der Waals surface area contributed by atoms with Crippen LogP contribution in [0.3, 0.4) is 0 Å². The van der Waals surface area contributed by atoms with Crippen LogP contribution in [0.2, 0.25) is 0 Å². The van der Waals surface area contributed by atoms with Crippen molar-refractivity contribution in [1.82, 2.24) is 20.1 Å². The van der Waals surface area contributed by atoms with Gasteiger partial charge in [0.15, 0.2) is 11.8 Å². The minimum atomic E-state index is 0.439. The number of aromatic nitrogens is 3. The molecule has 0 radical (unpaired) electrons. The summed E-state index contributed by atoms with van der Waals surface area (Å²) in [6, 6.07) is 5.72. The van der Waals surface area contributed by atoms with Crippen molar-refractivity contribution in [2.75, 3.05) is 19.8 Å². The molecule has 7 nitrogen and oxygen atoms in total. The number of nitrogens with zero attached hydrogens (tertiary/aromatic N) is 4. The van der Waals surface area contributed by atoms with Gasteiger partial charge in [-0.1, -0.05) is 0 Å². The highest BCUT2D eigenvalue weighted by Crippen LogP contribution is 2.07. The molecule has 0 unspecified atom stereocenters. The van der Waals surface area contributed by atoms with Crippen LogP contribution in [0.25, 0.3) is 5.82 Å². The van der Waals surface area contributed by atoms with Crippen LogP contribution < -0.4 is 11.1 Å². The van der Waals surface area contributed by atoms with Crippen LogP contribution in [0.1, 0.15) is 18.9 Å². The van der Waals surface area contributed by atoms with Crippen molar-refractivity contribution >= 4 is 5.96 Å². The summed E-state index contributed by atoms with van der Waals surface area (Å²) >= 11 is 0. The quantitative estimate of drug-likeness (QED) is 0.433. The van der Waals surface area contributed by atoms with Crippen LogP contribution in [-0.4, -0.2) is 40.5 Å². The van der Waals surface area contributed by atoms with Gasteiger partial charge in [-0.05, 0) is 37.1 Å². The fraction of sp³-hybridized carbons (Fsp3) is 0.400. The summed E-state index contributed by atoms with van der Waals surface area (Å²) < 4.78 is 6.97. The van der Waals surface area contributed by atoms with Crippen molar-refractivity contribution < 1.29 is 4.74 Å². The van der Waals surface area contributed by atoms with Crippen molar-refractivity contribution in [3.63, 3.8) is 0 Å². The van der Waals surface area contributed by atoms with E-state index in [0.29, 0.717) is 12.5 Å². The van der Waals surface area contributed by atoms with E-state index in [1.165, 1.54) is 0 Å². The molecular formula is C15H22N6O. The predicted molar refractivity (Wildman–Crippen MR) is 85.8 cm³/mol. The van der Waals surface area contributed by atoms with Gasteiger partial charge in [-0.25, -0.2) is 14.7 Å². The third-order valence-electron chi connectivity index (χ3n) is 2.96. The Morgan fingerprint density at radius 3 is 3.14 bits per heavy atom. The van der Waals surface area contributed by atoms with Crippen LogP contribution in [-0.2, 0) is 11.3 Å². The van der Waals surface area contributed by atoms with Gasteiger partial charge in [0.2, 0.25) is 0 Å². The fourth-order valence-electron chi connectivity index (χ4n) is 1.86. The molecule has 2 heterocycles. The van der Waals surface area contributed by atoms with E-state index >= 15 is 0 Å². The van der Waals surface area contributed by atoms with Gasteiger partial charge in [0.1, 0.15) is 0 Å². The second-order valence-corrected chi connectivity index (χ2v) is 4.65. The zero-order valence-corrected chi connectivity index (χ0v) is 12.8. The minimum absolute atomic E-state index is 0.439. The summed E-state index contributed by atoms with van der Waals surface area (Å²) in [5.41, 5.74) is 6.86. The molecule has 3 N–H and O–H groups in total. The van der Waals surface area contributed by atoms with E-state index in [4.69, 9.17) is 10.5 Å². The molecule has 0 amide bonds. The zero-order chi connectivity index (χ0) is 15.6. The first-order valence-corrected chi connectivity index (χ1v) is 7.36. The Balaban J connectivity index is 1.83. The highest BCUT2D eigenvalue weighted by molar-refractivity contribution is 5.77. The van der Waals surface area contributed by atoms with Crippen molar-refractivity contribution in [2.45, 2.75) is 19.9 Å². The van der Waals surface area contributed by atoms with Crippen LogP contribution in [0.15, 0.2) is 41.8 Å². The Hall–Kier alpha value is -2.41. The maximum atomic E-state index is 5.83. The molecule has 2 aromatic heterocycles. The number of nitrogens with one attached hydrogen (secondary N) is 1. The van der Waals surface area contributed by atoms with E-state index in [1.54, 1.807) is 17.1 Å². The van der Waals surface area contributed by atoms with Gasteiger partial charge >= 0.3 is 0 Å². The lowest BCUT2D eigenvalue weighted by Gasteiger charge is -2.06. The van der Waals surface area contributed by atoms with Gasteiger partial charge in [-0.15, -0.1) is 0 Å². The SMILES string of the molecule is CCOCCCNC(N)=NCc1ccnc(-n2cccn2)c1. The molecule has 2 aromatic rings. The van der Waals surface area contributed by atoms with E-state index in [-0.39, 0.29) is 0 Å². The van der Waals surface area contributed by atoms with Gasteiger partial charge in [-0.3, -0.25) is 0 Å². The molecule has 0 atom stereocenters. The number of guanidine groups is 1. The Labute approximate surface area is 130 Å². The smallest absolute Gasteiger partial charge is 0.188 e. The molecule has 0 saturated heterocycles. The van der Waals surface area contributed by atoms with Gasteiger partial charge in [0.25, 0.3) is 0 Å². The first-order chi connectivity index (χ1) is 10.8. The molecule has 118 valence electrons. The maximum Gasteiger partial charge on any atom is 0.188 e.